The minimum atomic E-state index is -4.66. The van der Waals surface area contributed by atoms with Crippen LogP contribution in [0.4, 0.5) is 0 Å². The van der Waals surface area contributed by atoms with Crippen molar-refractivity contribution in [1.29, 1.82) is 0 Å². The molecule has 0 aromatic heterocycles. The van der Waals surface area contributed by atoms with E-state index in [0.717, 1.165) is 0 Å². The highest BCUT2D eigenvalue weighted by Crippen LogP contribution is 1.98. The van der Waals surface area contributed by atoms with Gasteiger partial charge in [-0.1, -0.05) is 0 Å². The van der Waals surface area contributed by atoms with Crippen molar-refractivity contribution in [2.75, 3.05) is 27.4 Å². The maximum Gasteiger partial charge on any atom is 0.306 e. The molecule has 0 bridgehead atoms. The standard InChI is InChI=1S/C7H15NO3/c1-8(2,3)5-6(9)4-7(10)11/h6,9H,4-5H2,1-3H3/p+1/t6-/m0/s1/i1D3,2D3,3D3,4D2,5D2,6D. The molecule has 0 radical (unpaired) electrons. The average Bonchev–Trinajstić information content (AvgIpc) is 2.20. The largest absolute Gasteiger partial charge is 0.481 e. The van der Waals surface area contributed by atoms with Crippen LogP contribution in [0.15, 0.2) is 0 Å². The van der Waals surface area contributed by atoms with Crippen LogP contribution in [-0.2, 0) is 4.79 Å². The Kier molecular flexibility index (Phi) is 0.561. The smallest absolute Gasteiger partial charge is 0.306 e. The van der Waals surface area contributed by atoms with Crippen molar-refractivity contribution >= 4 is 5.97 Å². The molecule has 0 aliphatic rings. The summed E-state index contributed by atoms with van der Waals surface area (Å²) in [5, 5.41) is 18.7. The second-order valence-electron chi connectivity index (χ2n) is 1.56. The van der Waals surface area contributed by atoms with Crippen LogP contribution in [0.25, 0.3) is 0 Å². The minimum absolute atomic E-state index is 2.63. The monoisotopic (exact) mass is 176 g/mol. The van der Waals surface area contributed by atoms with E-state index in [9.17, 15) is 9.90 Å². The van der Waals surface area contributed by atoms with Gasteiger partial charge in [0.25, 0.3) is 0 Å². The molecule has 0 saturated heterocycles. The van der Waals surface area contributed by atoms with E-state index in [2.05, 4.69) is 0 Å². The summed E-state index contributed by atoms with van der Waals surface area (Å²) < 4.78 is 99.0. The number of carboxylic acid groups (broad SMARTS) is 1. The normalized spacial score (nSPS) is 42.3. The molecule has 0 fully saturated rings. The zero-order valence-corrected chi connectivity index (χ0v) is 5.25. The van der Waals surface area contributed by atoms with E-state index < -0.39 is 50.3 Å². The lowest BCUT2D eigenvalue weighted by molar-refractivity contribution is -0.873. The van der Waals surface area contributed by atoms with Gasteiger partial charge in [-0.05, 0) is 0 Å². The van der Waals surface area contributed by atoms with Crippen LogP contribution in [0.3, 0.4) is 0 Å². The number of quaternary nitrogens is 1. The molecule has 0 amide bonds. The van der Waals surface area contributed by atoms with Gasteiger partial charge in [0.05, 0.1) is 43.7 Å². The van der Waals surface area contributed by atoms with Gasteiger partial charge < -0.3 is 14.7 Å². The fourth-order valence-electron chi connectivity index (χ4n) is 0.288. The number of carboxylic acids is 1. The summed E-state index contributed by atoms with van der Waals surface area (Å²) in [5.74, 6) is -2.63. The van der Waals surface area contributed by atoms with Crippen molar-refractivity contribution in [2.24, 2.45) is 0 Å². The number of aliphatic hydroxyl groups is 1. The number of likely N-dealkylation sites (N-methyl/N-ethyl adjacent to an activating group) is 1. The number of hydrogen-bond donors (Lipinski definition) is 2. The van der Waals surface area contributed by atoms with E-state index >= 15 is 0 Å². The summed E-state index contributed by atoms with van der Waals surface area (Å²) in [5.41, 5.74) is 0. The lowest BCUT2D eigenvalue weighted by Crippen LogP contribution is -2.42. The van der Waals surface area contributed by atoms with Gasteiger partial charge in [0.2, 0.25) is 0 Å². The first-order valence-electron chi connectivity index (χ1n) is 9.30. The molecular weight excluding hydrogens is 146 g/mol. The zero-order chi connectivity index (χ0) is 21.1. The molecule has 11 heavy (non-hydrogen) atoms. The Bertz CT molecular complexity index is 492. The average molecular weight is 176 g/mol. The Labute approximate surface area is 86.3 Å². The molecular formula is C7H16NO3+. The van der Waals surface area contributed by atoms with Crippen molar-refractivity contribution in [2.45, 2.75) is 12.5 Å². The van der Waals surface area contributed by atoms with Gasteiger partial charge in [0.15, 0.2) is 0 Å². The second-order valence-corrected chi connectivity index (χ2v) is 1.56. The van der Waals surface area contributed by atoms with Gasteiger partial charge in [0, 0.05) is 2.74 Å². The number of carbonyl (C=O) groups is 1. The summed E-state index contributed by atoms with van der Waals surface area (Å²) in [7, 11) is 0. The van der Waals surface area contributed by atoms with E-state index in [0.29, 0.717) is 0 Å². The van der Waals surface area contributed by atoms with Crippen LogP contribution >= 0.6 is 0 Å². The molecule has 0 aliphatic carbocycles. The minimum Gasteiger partial charge on any atom is -0.481 e. The molecule has 0 saturated carbocycles. The molecule has 0 aromatic rings. The summed E-state index contributed by atoms with van der Waals surface area (Å²) >= 11 is 0. The molecule has 0 aliphatic heterocycles. The first-order chi connectivity index (χ1) is 10.4. The molecule has 66 valence electrons. The molecule has 0 spiro atoms. The third-order valence-corrected chi connectivity index (χ3v) is 0.499. The number of rotatable bonds is 4. The Morgan fingerprint density at radius 3 is 2.73 bits per heavy atom. The quantitative estimate of drug-likeness (QED) is 0.569. The predicted octanol–water partition coefficient (Wildman–Crippen LogP) is -0.472. The SMILES string of the molecule is [2H]C([2H])(C(=O)O)[C@]([2H])(O)C([2H])([2H])[N+](C([2H])([2H])[2H])(C([2H])([2H])[2H])C([2H])([2H])[2H]. The van der Waals surface area contributed by atoms with Crippen LogP contribution < -0.4 is 0 Å². The Morgan fingerprint density at radius 2 is 2.36 bits per heavy atom. The second kappa shape index (κ2) is 3.69. The van der Waals surface area contributed by atoms with Crippen LogP contribution in [0, 0.1) is 0 Å². The van der Waals surface area contributed by atoms with Crippen molar-refractivity contribution < 1.29 is 38.7 Å². The Morgan fingerprint density at radius 1 is 1.82 bits per heavy atom. The van der Waals surface area contributed by atoms with Gasteiger partial charge in [-0.25, -0.2) is 0 Å². The van der Waals surface area contributed by atoms with Gasteiger partial charge >= 0.3 is 5.97 Å². The molecule has 4 nitrogen and oxygen atoms in total. The predicted molar refractivity (Wildman–Crippen MR) is 41.2 cm³/mol. The van der Waals surface area contributed by atoms with E-state index in [1.165, 1.54) is 0 Å². The van der Waals surface area contributed by atoms with Crippen molar-refractivity contribution in [3.63, 3.8) is 0 Å². The fourth-order valence-corrected chi connectivity index (χ4v) is 0.288. The fraction of sp³-hybridized carbons (Fsp3) is 0.857. The molecule has 2 N–H and O–H groups in total. The zero-order valence-electron chi connectivity index (χ0n) is 19.2. The topological polar surface area (TPSA) is 57.5 Å². The van der Waals surface area contributed by atoms with Gasteiger partial charge in [-0.15, -0.1) is 0 Å². The first kappa shape index (κ1) is 1.67. The van der Waals surface area contributed by atoms with Crippen LogP contribution in [0.1, 0.15) is 25.6 Å². The van der Waals surface area contributed by atoms with Crippen LogP contribution in [-0.4, -0.2) is 54.2 Å². The Balaban J connectivity index is 7.27. The molecule has 0 aromatic carbocycles. The summed E-state index contributed by atoms with van der Waals surface area (Å²) in [6.45, 7) is -17.5. The molecule has 1 atom stereocenters. The Hall–Kier alpha value is -0.610. The lowest BCUT2D eigenvalue weighted by Gasteiger charge is -2.25. The number of nitrogens with zero attached hydrogens (tertiary/aromatic N) is 1. The van der Waals surface area contributed by atoms with Gasteiger partial charge in [0.1, 0.15) is 12.6 Å². The number of aliphatic carboxylic acids is 1. The summed E-state index contributed by atoms with van der Waals surface area (Å²) in [6.07, 6.45) is -8.88. The number of hydrogen-bond acceptors (Lipinski definition) is 2. The van der Waals surface area contributed by atoms with E-state index in [4.69, 9.17) is 24.3 Å². The maximum absolute atomic E-state index is 10.9. The highest BCUT2D eigenvalue weighted by Gasteiger charge is 2.17. The molecule has 4 heteroatoms. The van der Waals surface area contributed by atoms with Gasteiger partial charge in [-0.3, -0.25) is 4.79 Å². The van der Waals surface area contributed by atoms with Crippen molar-refractivity contribution in [3.8, 4) is 0 Å². The van der Waals surface area contributed by atoms with E-state index in [1.807, 2.05) is 0 Å². The summed E-state index contributed by atoms with van der Waals surface area (Å²) in [6, 6.07) is 0. The highest BCUT2D eigenvalue weighted by atomic mass is 16.4. The maximum atomic E-state index is 10.9. The van der Waals surface area contributed by atoms with Gasteiger partial charge in [-0.2, -0.15) is 0 Å². The van der Waals surface area contributed by atoms with E-state index in [-0.39, 0.29) is 0 Å². The summed E-state index contributed by atoms with van der Waals surface area (Å²) in [4.78, 5) is 10.9. The van der Waals surface area contributed by atoms with Crippen molar-refractivity contribution in [3.05, 3.63) is 0 Å². The van der Waals surface area contributed by atoms with E-state index in [1.54, 1.807) is 0 Å². The first-order valence-corrected chi connectivity index (χ1v) is 2.30. The molecule has 0 unspecified atom stereocenters. The third-order valence-electron chi connectivity index (χ3n) is 0.499. The van der Waals surface area contributed by atoms with Crippen LogP contribution in [0.5, 0.6) is 0 Å². The lowest BCUT2D eigenvalue weighted by atomic mass is 10.2. The van der Waals surface area contributed by atoms with Crippen LogP contribution in [0.2, 0.25) is 0 Å². The third kappa shape index (κ3) is 7.29. The molecule has 0 heterocycles. The van der Waals surface area contributed by atoms with Crippen molar-refractivity contribution in [1.82, 2.24) is 0 Å². The highest BCUT2D eigenvalue weighted by molar-refractivity contribution is 5.67. The molecule has 0 rings (SSSR count).